The number of aryl methyl sites for hydroxylation is 1. The van der Waals surface area contributed by atoms with Crippen molar-refractivity contribution < 1.29 is 0 Å². The monoisotopic (exact) mass is 361 g/mol. The van der Waals surface area contributed by atoms with Gasteiger partial charge in [-0.15, -0.1) is 0 Å². The van der Waals surface area contributed by atoms with Crippen LogP contribution in [0, 0.1) is 6.92 Å². The molecular weight excluding hydrogens is 346 g/mol. The summed E-state index contributed by atoms with van der Waals surface area (Å²) in [6, 6.07) is 26.8. The van der Waals surface area contributed by atoms with E-state index in [0.29, 0.717) is 0 Å². The molecule has 0 atom stereocenters. The number of nitrogens with zero attached hydrogens (tertiary/aromatic N) is 1. The first-order valence-electron chi connectivity index (χ1n) is 8.10. The summed E-state index contributed by atoms with van der Waals surface area (Å²) in [5.41, 5.74) is 4.37. The summed E-state index contributed by atoms with van der Waals surface area (Å²) in [5, 5.41) is 1.81. The average Bonchev–Trinajstić information content (AvgIpc) is 2.64. The first kappa shape index (κ1) is 16.2. The fourth-order valence-corrected chi connectivity index (χ4v) is 4.19. The molecule has 1 heterocycles. The van der Waals surface area contributed by atoms with Gasteiger partial charge in [0, 0.05) is 25.8 Å². The van der Waals surface area contributed by atoms with E-state index in [4.69, 9.17) is 16.6 Å². The summed E-state index contributed by atoms with van der Waals surface area (Å²) in [4.78, 5) is 7.19. The van der Waals surface area contributed by atoms with Crippen molar-refractivity contribution >= 4 is 34.3 Å². The van der Waals surface area contributed by atoms with Gasteiger partial charge in [0.15, 0.2) is 0 Å². The Hall–Kier alpha value is -2.29. The zero-order valence-corrected chi connectivity index (χ0v) is 15.3. The van der Waals surface area contributed by atoms with Crippen molar-refractivity contribution in [3.63, 3.8) is 0 Å². The summed E-state index contributed by atoms with van der Waals surface area (Å²) >= 11 is 8.05. The molecule has 122 valence electrons. The van der Waals surface area contributed by atoms with Crippen molar-refractivity contribution in [2.75, 3.05) is 0 Å². The van der Waals surface area contributed by atoms with Crippen LogP contribution >= 0.6 is 23.4 Å². The third kappa shape index (κ3) is 3.28. The predicted molar refractivity (Wildman–Crippen MR) is 107 cm³/mol. The third-order valence-corrected chi connectivity index (χ3v) is 5.54. The van der Waals surface area contributed by atoms with Crippen molar-refractivity contribution in [3.05, 3.63) is 89.6 Å². The normalized spacial score (nSPS) is 11.0. The Morgan fingerprint density at radius 2 is 1.52 bits per heavy atom. The largest absolute Gasteiger partial charge is 0.252 e. The Morgan fingerprint density at radius 3 is 2.24 bits per heavy atom. The van der Waals surface area contributed by atoms with Crippen LogP contribution in [0.5, 0.6) is 0 Å². The molecule has 0 saturated heterocycles. The van der Waals surface area contributed by atoms with Crippen molar-refractivity contribution in [1.82, 2.24) is 4.98 Å². The second kappa shape index (κ2) is 6.91. The maximum atomic E-state index is 6.30. The van der Waals surface area contributed by atoms with E-state index in [2.05, 4.69) is 55.5 Å². The molecule has 3 aromatic carbocycles. The van der Waals surface area contributed by atoms with E-state index >= 15 is 0 Å². The van der Waals surface area contributed by atoms with Gasteiger partial charge in [-0.05, 0) is 42.8 Å². The topological polar surface area (TPSA) is 12.9 Å². The number of halogens is 1. The third-order valence-electron chi connectivity index (χ3n) is 4.10. The zero-order chi connectivity index (χ0) is 17.2. The molecule has 0 aliphatic heterocycles. The lowest BCUT2D eigenvalue weighted by Crippen LogP contribution is -1.94. The van der Waals surface area contributed by atoms with Crippen LogP contribution < -0.4 is 0 Å². The predicted octanol–water partition coefficient (Wildman–Crippen LogP) is 7.01. The van der Waals surface area contributed by atoms with Gasteiger partial charge in [0.05, 0.1) is 11.2 Å². The standard InChI is InChI=1S/C22H16ClNS/c1-15-22(25-18-10-6-3-7-11-18)21(16-8-4-2-5-9-16)19-14-17(23)12-13-20(19)24-15/h2-14H,1H3. The quantitative estimate of drug-likeness (QED) is 0.389. The van der Waals surface area contributed by atoms with Crippen LogP contribution in [0.1, 0.15) is 5.69 Å². The van der Waals surface area contributed by atoms with E-state index < -0.39 is 0 Å². The first-order valence-corrected chi connectivity index (χ1v) is 9.30. The molecule has 0 N–H and O–H groups in total. The van der Waals surface area contributed by atoms with Crippen molar-refractivity contribution in [2.24, 2.45) is 0 Å². The molecule has 4 aromatic rings. The number of pyridine rings is 1. The Balaban J connectivity index is 2.02. The number of hydrogen-bond donors (Lipinski definition) is 0. The molecule has 3 heteroatoms. The lowest BCUT2D eigenvalue weighted by atomic mass is 10.00. The molecule has 0 spiro atoms. The summed E-state index contributed by atoms with van der Waals surface area (Å²) in [5.74, 6) is 0. The maximum absolute atomic E-state index is 6.30. The van der Waals surface area contributed by atoms with Crippen molar-refractivity contribution in [2.45, 2.75) is 16.7 Å². The minimum atomic E-state index is 0.728. The number of rotatable bonds is 3. The van der Waals surface area contributed by atoms with E-state index in [0.717, 1.165) is 21.6 Å². The van der Waals surface area contributed by atoms with Crippen LogP contribution in [0.2, 0.25) is 5.02 Å². The summed E-state index contributed by atoms with van der Waals surface area (Å²) in [6.45, 7) is 2.08. The lowest BCUT2D eigenvalue weighted by Gasteiger charge is -2.16. The molecule has 1 aromatic heterocycles. The van der Waals surface area contributed by atoms with E-state index in [1.807, 2.05) is 30.3 Å². The number of hydrogen-bond acceptors (Lipinski definition) is 2. The second-order valence-electron chi connectivity index (χ2n) is 5.84. The highest BCUT2D eigenvalue weighted by molar-refractivity contribution is 7.99. The summed E-state index contributed by atoms with van der Waals surface area (Å²) in [6.07, 6.45) is 0. The lowest BCUT2D eigenvalue weighted by molar-refractivity contribution is 1.16. The second-order valence-corrected chi connectivity index (χ2v) is 7.36. The molecule has 0 amide bonds. The van der Waals surface area contributed by atoms with E-state index in [9.17, 15) is 0 Å². The minimum absolute atomic E-state index is 0.728. The number of aromatic nitrogens is 1. The van der Waals surface area contributed by atoms with Crippen LogP contribution in [0.4, 0.5) is 0 Å². The molecule has 0 aliphatic rings. The molecule has 0 unspecified atom stereocenters. The van der Waals surface area contributed by atoms with Gasteiger partial charge in [-0.25, -0.2) is 0 Å². The summed E-state index contributed by atoms with van der Waals surface area (Å²) in [7, 11) is 0. The van der Waals surface area contributed by atoms with E-state index in [-0.39, 0.29) is 0 Å². The SMILES string of the molecule is Cc1nc2ccc(Cl)cc2c(-c2ccccc2)c1Sc1ccccc1. The highest BCUT2D eigenvalue weighted by atomic mass is 35.5. The Morgan fingerprint density at radius 1 is 0.840 bits per heavy atom. The highest BCUT2D eigenvalue weighted by Crippen LogP contribution is 2.42. The molecule has 4 rings (SSSR count). The van der Waals surface area contributed by atoms with Gasteiger partial charge in [-0.2, -0.15) is 0 Å². The Labute approximate surface area is 156 Å². The highest BCUT2D eigenvalue weighted by Gasteiger charge is 2.16. The van der Waals surface area contributed by atoms with Crippen molar-refractivity contribution in [1.29, 1.82) is 0 Å². The molecule has 0 bridgehead atoms. The van der Waals surface area contributed by atoms with Gasteiger partial charge >= 0.3 is 0 Å². The molecule has 0 fully saturated rings. The molecular formula is C22H16ClNS. The van der Waals surface area contributed by atoms with Crippen LogP contribution in [0.3, 0.4) is 0 Å². The zero-order valence-electron chi connectivity index (χ0n) is 13.7. The van der Waals surface area contributed by atoms with Crippen molar-refractivity contribution in [3.8, 4) is 11.1 Å². The Kier molecular flexibility index (Phi) is 4.48. The van der Waals surface area contributed by atoms with Gasteiger partial charge in [-0.3, -0.25) is 4.98 Å². The molecule has 0 radical (unpaired) electrons. The number of fused-ring (bicyclic) bond motifs is 1. The van der Waals surface area contributed by atoms with Gasteiger partial charge in [-0.1, -0.05) is 71.9 Å². The smallest absolute Gasteiger partial charge is 0.0713 e. The van der Waals surface area contributed by atoms with E-state index in [1.54, 1.807) is 11.8 Å². The molecule has 1 nitrogen and oxygen atoms in total. The first-order chi connectivity index (χ1) is 12.2. The van der Waals surface area contributed by atoms with Crippen LogP contribution in [-0.4, -0.2) is 4.98 Å². The Bertz CT molecular complexity index is 1030. The van der Waals surface area contributed by atoms with E-state index in [1.165, 1.54) is 20.9 Å². The van der Waals surface area contributed by atoms with Crippen LogP contribution in [0.25, 0.3) is 22.0 Å². The molecule has 0 saturated carbocycles. The number of benzene rings is 3. The van der Waals surface area contributed by atoms with Gasteiger partial charge in [0.2, 0.25) is 0 Å². The van der Waals surface area contributed by atoms with Gasteiger partial charge in [0.25, 0.3) is 0 Å². The molecule has 0 aliphatic carbocycles. The minimum Gasteiger partial charge on any atom is -0.252 e. The van der Waals surface area contributed by atoms with Crippen LogP contribution in [-0.2, 0) is 0 Å². The fraction of sp³-hybridized carbons (Fsp3) is 0.0455. The van der Waals surface area contributed by atoms with Gasteiger partial charge in [0.1, 0.15) is 0 Å². The fourth-order valence-electron chi connectivity index (χ4n) is 2.96. The average molecular weight is 362 g/mol. The summed E-state index contributed by atoms with van der Waals surface area (Å²) < 4.78 is 0. The maximum Gasteiger partial charge on any atom is 0.0713 e. The van der Waals surface area contributed by atoms with Gasteiger partial charge < -0.3 is 0 Å². The van der Waals surface area contributed by atoms with Crippen LogP contribution in [0.15, 0.2) is 88.7 Å². The molecule has 25 heavy (non-hydrogen) atoms.